The molecule has 1 aromatic carbocycles. The van der Waals surface area contributed by atoms with Crippen LogP contribution in [0.3, 0.4) is 0 Å². The molecule has 0 aliphatic heterocycles. The van der Waals surface area contributed by atoms with E-state index in [2.05, 4.69) is 48.6 Å². The van der Waals surface area contributed by atoms with Crippen molar-refractivity contribution < 1.29 is 9.32 Å². The van der Waals surface area contributed by atoms with Gasteiger partial charge in [-0.05, 0) is 57.1 Å². The van der Waals surface area contributed by atoms with Gasteiger partial charge in [0.2, 0.25) is 5.91 Å². The van der Waals surface area contributed by atoms with Gasteiger partial charge in [-0.1, -0.05) is 36.3 Å². The molecular weight excluding hydrogens is 300 g/mol. The molecule has 1 amide bonds. The zero-order valence-electron chi connectivity index (χ0n) is 15.0. The van der Waals surface area contributed by atoms with Gasteiger partial charge in [-0.25, -0.2) is 0 Å². The van der Waals surface area contributed by atoms with Gasteiger partial charge in [-0.3, -0.25) is 4.79 Å². The van der Waals surface area contributed by atoms with Crippen molar-refractivity contribution in [3.8, 4) is 0 Å². The molecule has 3 rings (SSSR count). The summed E-state index contributed by atoms with van der Waals surface area (Å²) in [6.07, 6.45) is 3.36. The van der Waals surface area contributed by atoms with Crippen LogP contribution >= 0.6 is 0 Å². The number of rotatable bonds is 4. The van der Waals surface area contributed by atoms with Gasteiger partial charge < -0.3 is 9.84 Å². The minimum atomic E-state index is -0.163. The summed E-state index contributed by atoms with van der Waals surface area (Å²) in [5, 5.41) is 7.27. The van der Waals surface area contributed by atoms with E-state index in [0.717, 1.165) is 36.3 Å². The summed E-state index contributed by atoms with van der Waals surface area (Å²) in [5.41, 5.74) is 4.54. The van der Waals surface area contributed by atoms with E-state index in [9.17, 15) is 4.79 Å². The molecule has 0 unspecified atom stereocenters. The highest BCUT2D eigenvalue weighted by Gasteiger charge is 2.31. The Kier molecular flexibility index (Phi) is 4.48. The Morgan fingerprint density at radius 2 is 2.04 bits per heavy atom. The summed E-state index contributed by atoms with van der Waals surface area (Å²) < 4.78 is 5.23. The Balaban J connectivity index is 1.65. The van der Waals surface area contributed by atoms with Gasteiger partial charge in [0.1, 0.15) is 5.76 Å². The van der Waals surface area contributed by atoms with Crippen LogP contribution in [0.4, 0.5) is 0 Å². The van der Waals surface area contributed by atoms with Gasteiger partial charge >= 0.3 is 0 Å². The largest absolute Gasteiger partial charge is 0.361 e. The van der Waals surface area contributed by atoms with E-state index >= 15 is 0 Å². The second-order valence-electron chi connectivity index (χ2n) is 7.40. The molecule has 4 heteroatoms. The first-order valence-corrected chi connectivity index (χ1v) is 8.68. The molecule has 24 heavy (non-hydrogen) atoms. The summed E-state index contributed by atoms with van der Waals surface area (Å²) in [6, 6.07) is 8.53. The van der Waals surface area contributed by atoms with Crippen molar-refractivity contribution in [3.63, 3.8) is 0 Å². The first-order valence-electron chi connectivity index (χ1n) is 8.68. The van der Waals surface area contributed by atoms with Crippen molar-refractivity contribution in [2.45, 2.75) is 64.8 Å². The molecule has 1 N–H and O–H groups in total. The fourth-order valence-electron chi connectivity index (χ4n) is 3.96. The van der Waals surface area contributed by atoms with E-state index in [-0.39, 0.29) is 17.4 Å². The van der Waals surface area contributed by atoms with Crippen LogP contribution in [-0.4, -0.2) is 16.6 Å². The molecule has 2 atom stereocenters. The normalized spacial score (nSPS) is 21.2. The number of benzene rings is 1. The quantitative estimate of drug-likeness (QED) is 0.928. The standard InChI is InChI=1S/C20H26N2O2/c1-13(19-14(2)22-24-15(19)3)11-18(23)21-20(4)10-9-16-7-5-6-8-17(16)12-20/h5-8,13H,9-12H2,1-4H3,(H,21,23)/t13-,20+/m0/s1. The second-order valence-corrected chi connectivity index (χ2v) is 7.40. The molecule has 0 spiro atoms. The van der Waals surface area contributed by atoms with Gasteiger partial charge in [0.25, 0.3) is 0 Å². The summed E-state index contributed by atoms with van der Waals surface area (Å²) in [7, 11) is 0. The van der Waals surface area contributed by atoms with Gasteiger partial charge in [-0.2, -0.15) is 0 Å². The highest BCUT2D eigenvalue weighted by molar-refractivity contribution is 5.78. The number of aromatic nitrogens is 1. The van der Waals surface area contributed by atoms with E-state index in [1.54, 1.807) is 0 Å². The number of fused-ring (bicyclic) bond motifs is 1. The minimum Gasteiger partial charge on any atom is -0.361 e. The highest BCUT2D eigenvalue weighted by atomic mass is 16.5. The van der Waals surface area contributed by atoms with Crippen molar-refractivity contribution >= 4 is 5.91 Å². The Morgan fingerprint density at radius 1 is 1.33 bits per heavy atom. The van der Waals surface area contributed by atoms with Crippen LogP contribution < -0.4 is 5.32 Å². The summed E-state index contributed by atoms with van der Waals surface area (Å²) in [4.78, 5) is 12.6. The van der Waals surface area contributed by atoms with Crippen molar-refractivity contribution in [2.75, 3.05) is 0 Å². The lowest BCUT2D eigenvalue weighted by Gasteiger charge is -2.36. The predicted molar refractivity (Wildman–Crippen MR) is 94.0 cm³/mol. The van der Waals surface area contributed by atoms with Gasteiger partial charge in [0.15, 0.2) is 0 Å². The summed E-state index contributed by atoms with van der Waals surface area (Å²) in [5.74, 6) is 1.02. The third-order valence-corrected chi connectivity index (χ3v) is 5.16. The van der Waals surface area contributed by atoms with Crippen LogP contribution in [0.2, 0.25) is 0 Å². The van der Waals surface area contributed by atoms with Crippen molar-refractivity contribution in [1.29, 1.82) is 0 Å². The zero-order valence-corrected chi connectivity index (χ0v) is 15.0. The number of carbonyl (C=O) groups is 1. The molecule has 2 aromatic rings. The monoisotopic (exact) mass is 326 g/mol. The lowest BCUT2D eigenvalue weighted by molar-refractivity contribution is -0.123. The molecule has 4 nitrogen and oxygen atoms in total. The average Bonchev–Trinajstić information content (AvgIpc) is 2.85. The maximum Gasteiger partial charge on any atom is 0.221 e. The third kappa shape index (κ3) is 3.37. The fourth-order valence-corrected chi connectivity index (χ4v) is 3.96. The molecule has 0 saturated heterocycles. The molecule has 0 fully saturated rings. The predicted octanol–water partition coefficient (Wildman–Crippen LogP) is 3.85. The smallest absolute Gasteiger partial charge is 0.221 e. The SMILES string of the molecule is Cc1noc(C)c1[C@@H](C)CC(=O)N[C@]1(C)CCc2ccccc2C1. The van der Waals surface area contributed by atoms with Crippen LogP contribution in [0.5, 0.6) is 0 Å². The molecule has 1 heterocycles. The second kappa shape index (κ2) is 6.42. The minimum absolute atomic E-state index is 0.101. The van der Waals surface area contributed by atoms with Crippen molar-refractivity contribution in [1.82, 2.24) is 10.5 Å². The summed E-state index contributed by atoms with van der Waals surface area (Å²) in [6.45, 7) is 8.05. The van der Waals surface area contributed by atoms with E-state index in [1.165, 1.54) is 11.1 Å². The fraction of sp³-hybridized carbons (Fsp3) is 0.500. The zero-order chi connectivity index (χ0) is 17.3. The van der Waals surface area contributed by atoms with Crippen molar-refractivity contribution in [2.24, 2.45) is 0 Å². The molecule has 0 saturated carbocycles. The van der Waals surface area contributed by atoms with Gasteiger partial charge in [-0.15, -0.1) is 0 Å². The highest BCUT2D eigenvalue weighted by Crippen LogP contribution is 2.30. The van der Waals surface area contributed by atoms with Crippen LogP contribution in [0, 0.1) is 13.8 Å². The molecule has 1 aliphatic carbocycles. The third-order valence-electron chi connectivity index (χ3n) is 5.16. The lowest BCUT2D eigenvalue weighted by atomic mass is 9.79. The number of amides is 1. The van der Waals surface area contributed by atoms with Crippen molar-refractivity contribution in [3.05, 3.63) is 52.4 Å². The van der Waals surface area contributed by atoms with E-state index in [1.807, 2.05) is 13.8 Å². The Bertz CT molecular complexity index is 730. The topological polar surface area (TPSA) is 55.1 Å². The van der Waals surface area contributed by atoms with Gasteiger partial charge in [0, 0.05) is 17.5 Å². The maximum atomic E-state index is 12.6. The number of aryl methyl sites for hydroxylation is 3. The average molecular weight is 326 g/mol. The first kappa shape index (κ1) is 16.7. The van der Waals surface area contributed by atoms with Crippen LogP contribution in [-0.2, 0) is 17.6 Å². The Hall–Kier alpha value is -2.10. The molecule has 0 bridgehead atoms. The molecule has 1 aromatic heterocycles. The number of nitrogens with one attached hydrogen (secondary N) is 1. The van der Waals surface area contributed by atoms with Crippen LogP contribution in [0.1, 0.15) is 60.8 Å². The van der Waals surface area contributed by atoms with E-state index in [0.29, 0.717) is 6.42 Å². The number of nitrogens with zero attached hydrogens (tertiary/aromatic N) is 1. The Morgan fingerprint density at radius 3 is 2.71 bits per heavy atom. The number of carbonyl (C=O) groups excluding carboxylic acids is 1. The molecule has 0 radical (unpaired) electrons. The maximum absolute atomic E-state index is 12.6. The molecular formula is C20H26N2O2. The Labute approximate surface area is 143 Å². The number of hydrogen-bond acceptors (Lipinski definition) is 3. The van der Waals surface area contributed by atoms with E-state index < -0.39 is 0 Å². The summed E-state index contributed by atoms with van der Waals surface area (Å²) >= 11 is 0. The molecule has 128 valence electrons. The number of hydrogen-bond donors (Lipinski definition) is 1. The first-order chi connectivity index (χ1) is 11.4. The lowest BCUT2D eigenvalue weighted by Crippen LogP contribution is -2.50. The van der Waals surface area contributed by atoms with Gasteiger partial charge in [0.05, 0.1) is 5.69 Å². The van der Waals surface area contributed by atoms with Crippen LogP contribution in [0.25, 0.3) is 0 Å². The van der Waals surface area contributed by atoms with Crippen LogP contribution in [0.15, 0.2) is 28.8 Å². The molecule has 1 aliphatic rings. The van der Waals surface area contributed by atoms with E-state index in [4.69, 9.17) is 4.52 Å².